The van der Waals surface area contributed by atoms with Crippen LogP contribution in [0, 0.1) is 0 Å². The molecule has 112 valence electrons. The van der Waals surface area contributed by atoms with Gasteiger partial charge in [-0.2, -0.15) is 5.10 Å². The zero-order valence-electron chi connectivity index (χ0n) is 13.0. The standard InChI is InChI=1S/C16H22N4O/c1-5-13-10-15(20(4)19-13)16(21)18-14-8-6-12(7-9-14)11(2)17-3/h6-11,17H,5H2,1-4H3,(H,18,21). The van der Waals surface area contributed by atoms with E-state index >= 15 is 0 Å². The second kappa shape index (κ2) is 6.54. The Labute approximate surface area is 125 Å². The van der Waals surface area contributed by atoms with Crippen molar-refractivity contribution in [1.82, 2.24) is 15.1 Å². The number of benzene rings is 1. The molecule has 2 rings (SSSR count). The normalized spacial score (nSPS) is 12.2. The molecule has 0 aliphatic carbocycles. The van der Waals surface area contributed by atoms with Gasteiger partial charge in [-0.3, -0.25) is 9.48 Å². The van der Waals surface area contributed by atoms with Gasteiger partial charge < -0.3 is 10.6 Å². The highest BCUT2D eigenvalue weighted by Crippen LogP contribution is 2.16. The van der Waals surface area contributed by atoms with Crippen LogP contribution in [0.15, 0.2) is 30.3 Å². The molecule has 0 saturated heterocycles. The monoisotopic (exact) mass is 286 g/mol. The molecule has 0 fully saturated rings. The summed E-state index contributed by atoms with van der Waals surface area (Å²) >= 11 is 0. The van der Waals surface area contributed by atoms with Crippen LogP contribution in [0.5, 0.6) is 0 Å². The largest absolute Gasteiger partial charge is 0.321 e. The highest BCUT2D eigenvalue weighted by Gasteiger charge is 2.13. The minimum Gasteiger partial charge on any atom is -0.321 e. The molecule has 5 heteroatoms. The minimum absolute atomic E-state index is 0.140. The Hall–Kier alpha value is -2.14. The van der Waals surface area contributed by atoms with Crippen molar-refractivity contribution in [2.24, 2.45) is 7.05 Å². The van der Waals surface area contributed by atoms with Gasteiger partial charge in [0.25, 0.3) is 5.91 Å². The van der Waals surface area contributed by atoms with Crippen molar-refractivity contribution in [3.05, 3.63) is 47.3 Å². The average Bonchev–Trinajstić information content (AvgIpc) is 2.88. The van der Waals surface area contributed by atoms with Crippen molar-refractivity contribution in [2.45, 2.75) is 26.3 Å². The number of aryl methyl sites for hydroxylation is 2. The van der Waals surface area contributed by atoms with Crippen LogP contribution in [0.3, 0.4) is 0 Å². The van der Waals surface area contributed by atoms with Gasteiger partial charge in [0.05, 0.1) is 5.69 Å². The smallest absolute Gasteiger partial charge is 0.273 e. The highest BCUT2D eigenvalue weighted by atomic mass is 16.2. The van der Waals surface area contributed by atoms with E-state index in [1.807, 2.05) is 44.3 Å². The van der Waals surface area contributed by atoms with Gasteiger partial charge in [0.15, 0.2) is 0 Å². The van der Waals surface area contributed by atoms with Gasteiger partial charge in [-0.15, -0.1) is 0 Å². The van der Waals surface area contributed by atoms with Gasteiger partial charge in [0.1, 0.15) is 5.69 Å². The first-order valence-electron chi connectivity index (χ1n) is 7.16. The summed E-state index contributed by atoms with van der Waals surface area (Å²) in [5.74, 6) is -0.140. The predicted octanol–water partition coefficient (Wildman–Crippen LogP) is 2.52. The Bertz CT molecular complexity index is 616. The van der Waals surface area contributed by atoms with Crippen molar-refractivity contribution in [3.8, 4) is 0 Å². The van der Waals surface area contributed by atoms with Crippen molar-refractivity contribution >= 4 is 11.6 Å². The van der Waals surface area contributed by atoms with E-state index in [1.54, 1.807) is 11.7 Å². The predicted molar refractivity (Wildman–Crippen MR) is 84.5 cm³/mol. The molecular weight excluding hydrogens is 264 g/mol. The Balaban J connectivity index is 2.10. The Morgan fingerprint density at radius 2 is 2.00 bits per heavy atom. The van der Waals surface area contributed by atoms with E-state index in [-0.39, 0.29) is 5.91 Å². The first-order chi connectivity index (χ1) is 10.0. The summed E-state index contributed by atoms with van der Waals surface area (Å²) < 4.78 is 1.62. The molecule has 5 nitrogen and oxygen atoms in total. The van der Waals surface area contributed by atoms with Gasteiger partial charge in [-0.05, 0) is 44.2 Å². The second-order valence-electron chi connectivity index (χ2n) is 5.08. The molecule has 1 amide bonds. The quantitative estimate of drug-likeness (QED) is 0.888. The van der Waals surface area contributed by atoms with E-state index in [4.69, 9.17) is 0 Å². The Morgan fingerprint density at radius 1 is 1.33 bits per heavy atom. The molecule has 1 aromatic carbocycles. The lowest BCUT2D eigenvalue weighted by Crippen LogP contribution is -2.16. The van der Waals surface area contributed by atoms with Gasteiger partial charge in [0.2, 0.25) is 0 Å². The van der Waals surface area contributed by atoms with Gasteiger partial charge in [0, 0.05) is 18.8 Å². The number of carbonyl (C=O) groups is 1. The van der Waals surface area contributed by atoms with E-state index in [9.17, 15) is 4.79 Å². The molecule has 0 aliphatic rings. The summed E-state index contributed by atoms with van der Waals surface area (Å²) in [6.07, 6.45) is 0.817. The molecule has 1 atom stereocenters. The summed E-state index contributed by atoms with van der Waals surface area (Å²) in [7, 11) is 3.71. The number of rotatable bonds is 5. The molecule has 2 N–H and O–H groups in total. The molecule has 1 heterocycles. The number of aromatic nitrogens is 2. The van der Waals surface area contributed by atoms with Gasteiger partial charge in [-0.25, -0.2) is 0 Å². The van der Waals surface area contributed by atoms with Crippen LogP contribution >= 0.6 is 0 Å². The third-order valence-corrected chi connectivity index (χ3v) is 3.63. The minimum atomic E-state index is -0.140. The molecule has 0 spiro atoms. The fraction of sp³-hybridized carbons (Fsp3) is 0.375. The third kappa shape index (κ3) is 3.49. The van der Waals surface area contributed by atoms with E-state index < -0.39 is 0 Å². The summed E-state index contributed by atoms with van der Waals surface area (Å²) in [5.41, 5.74) is 3.45. The maximum absolute atomic E-state index is 12.3. The number of nitrogens with one attached hydrogen (secondary N) is 2. The first kappa shape index (κ1) is 15.3. The van der Waals surface area contributed by atoms with Crippen LogP contribution in [0.1, 0.15) is 41.6 Å². The molecule has 0 aliphatic heterocycles. The van der Waals surface area contributed by atoms with E-state index in [2.05, 4.69) is 22.7 Å². The fourth-order valence-electron chi connectivity index (χ4n) is 2.13. The number of hydrogen-bond donors (Lipinski definition) is 2. The molecular formula is C16H22N4O. The maximum Gasteiger partial charge on any atom is 0.273 e. The highest BCUT2D eigenvalue weighted by molar-refractivity contribution is 6.03. The lowest BCUT2D eigenvalue weighted by molar-refractivity contribution is 0.101. The topological polar surface area (TPSA) is 59.0 Å². The third-order valence-electron chi connectivity index (χ3n) is 3.63. The number of amides is 1. The van der Waals surface area contributed by atoms with Crippen molar-refractivity contribution in [2.75, 3.05) is 12.4 Å². The maximum atomic E-state index is 12.3. The van der Waals surface area contributed by atoms with Crippen LogP contribution in [-0.4, -0.2) is 22.7 Å². The van der Waals surface area contributed by atoms with Crippen LogP contribution in [0.25, 0.3) is 0 Å². The second-order valence-corrected chi connectivity index (χ2v) is 5.08. The summed E-state index contributed by atoms with van der Waals surface area (Å²) in [5, 5.41) is 10.4. The van der Waals surface area contributed by atoms with E-state index in [1.165, 1.54) is 5.56 Å². The zero-order valence-corrected chi connectivity index (χ0v) is 13.0. The van der Waals surface area contributed by atoms with Crippen molar-refractivity contribution in [3.63, 3.8) is 0 Å². The van der Waals surface area contributed by atoms with E-state index in [0.717, 1.165) is 17.8 Å². The fourth-order valence-corrected chi connectivity index (χ4v) is 2.13. The van der Waals surface area contributed by atoms with Gasteiger partial charge >= 0.3 is 0 Å². The summed E-state index contributed by atoms with van der Waals surface area (Å²) in [4.78, 5) is 12.3. The lowest BCUT2D eigenvalue weighted by Gasteiger charge is -2.11. The summed E-state index contributed by atoms with van der Waals surface area (Å²) in [6.45, 7) is 4.11. The van der Waals surface area contributed by atoms with Crippen LogP contribution < -0.4 is 10.6 Å². The van der Waals surface area contributed by atoms with Crippen LogP contribution in [0.4, 0.5) is 5.69 Å². The molecule has 1 aromatic heterocycles. The van der Waals surface area contributed by atoms with Crippen LogP contribution in [0.2, 0.25) is 0 Å². The molecule has 2 aromatic rings. The Kier molecular flexibility index (Phi) is 4.75. The first-order valence-corrected chi connectivity index (χ1v) is 7.16. The molecule has 0 radical (unpaired) electrons. The lowest BCUT2D eigenvalue weighted by atomic mass is 10.1. The van der Waals surface area contributed by atoms with Gasteiger partial charge in [-0.1, -0.05) is 19.1 Å². The number of carbonyl (C=O) groups excluding carboxylic acids is 1. The molecule has 0 saturated carbocycles. The van der Waals surface area contributed by atoms with E-state index in [0.29, 0.717) is 11.7 Å². The molecule has 0 bridgehead atoms. The van der Waals surface area contributed by atoms with Crippen LogP contribution in [-0.2, 0) is 13.5 Å². The SMILES string of the molecule is CCc1cc(C(=O)Nc2ccc(C(C)NC)cc2)n(C)n1. The van der Waals surface area contributed by atoms with Crippen molar-refractivity contribution < 1.29 is 4.79 Å². The Morgan fingerprint density at radius 3 is 2.52 bits per heavy atom. The number of anilines is 1. The molecule has 1 unspecified atom stereocenters. The number of hydrogen-bond acceptors (Lipinski definition) is 3. The molecule has 21 heavy (non-hydrogen) atoms. The number of nitrogens with zero attached hydrogens (tertiary/aromatic N) is 2. The zero-order chi connectivity index (χ0) is 15.4. The van der Waals surface area contributed by atoms with Crippen molar-refractivity contribution in [1.29, 1.82) is 0 Å². The average molecular weight is 286 g/mol. The summed E-state index contributed by atoms with van der Waals surface area (Å²) in [6, 6.07) is 9.97.